The molecule has 2 aromatic rings. The monoisotopic (exact) mass is 450 g/mol. The standard InChI is InChI=1S/C25H26N2O6/c1-16-6-5-11-26(13-16)22(28)15-33-25(31)20-12-17(9-10-21(20)32-2)14-27-23(29)18-7-3-4-8-19(18)24(27)30/h3-4,7-10,12,16H,5-6,11,13-15H2,1-2H3. The van der Waals surface area contributed by atoms with Gasteiger partial charge in [0.05, 0.1) is 24.8 Å². The first kappa shape index (κ1) is 22.5. The van der Waals surface area contributed by atoms with E-state index in [1.807, 2.05) is 0 Å². The van der Waals surface area contributed by atoms with E-state index in [0.29, 0.717) is 35.7 Å². The fraction of sp³-hybridized carbons (Fsp3) is 0.360. The summed E-state index contributed by atoms with van der Waals surface area (Å²) in [5.74, 6) is -0.971. The maximum Gasteiger partial charge on any atom is 0.342 e. The summed E-state index contributed by atoms with van der Waals surface area (Å²) in [7, 11) is 1.43. The van der Waals surface area contributed by atoms with E-state index in [4.69, 9.17) is 9.47 Å². The van der Waals surface area contributed by atoms with Crippen LogP contribution in [0.1, 0.15) is 56.4 Å². The van der Waals surface area contributed by atoms with Crippen molar-refractivity contribution in [3.63, 3.8) is 0 Å². The lowest BCUT2D eigenvalue weighted by molar-refractivity contribution is -0.136. The van der Waals surface area contributed by atoms with Gasteiger partial charge in [0.1, 0.15) is 11.3 Å². The van der Waals surface area contributed by atoms with Gasteiger partial charge in [-0.1, -0.05) is 25.1 Å². The number of esters is 1. The Morgan fingerprint density at radius 2 is 1.76 bits per heavy atom. The van der Waals surface area contributed by atoms with E-state index in [-0.39, 0.29) is 42.2 Å². The molecule has 0 aliphatic carbocycles. The maximum atomic E-state index is 12.8. The largest absolute Gasteiger partial charge is 0.496 e. The molecule has 172 valence electrons. The Balaban J connectivity index is 1.46. The first-order valence-electron chi connectivity index (χ1n) is 11.0. The van der Waals surface area contributed by atoms with E-state index in [0.717, 1.165) is 17.7 Å². The highest BCUT2D eigenvalue weighted by Gasteiger charge is 2.35. The fourth-order valence-electron chi connectivity index (χ4n) is 4.29. The highest BCUT2D eigenvalue weighted by Crippen LogP contribution is 2.27. The van der Waals surface area contributed by atoms with Crippen LogP contribution in [0.5, 0.6) is 5.75 Å². The Bertz CT molecular complexity index is 1080. The third kappa shape index (κ3) is 4.60. The SMILES string of the molecule is COc1ccc(CN2C(=O)c3ccccc3C2=O)cc1C(=O)OCC(=O)N1CCCC(C)C1. The van der Waals surface area contributed by atoms with Gasteiger partial charge < -0.3 is 14.4 Å². The molecular weight excluding hydrogens is 424 g/mol. The van der Waals surface area contributed by atoms with Gasteiger partial charge in [0.2, 0.25) is 0 Å². The Kier molecular flexibility index (Phi) is 6.44. The van der Waals surface area contributed by atoms with E-state index < -0.39 is 5.97 Å². The number of carbonyl (C=O) groups is 4. The summed E-state index contributed by atoms with van der Waals surface area (Å²) in [5.41, 5.74) is 1.42. The van der Waals surface area contributed by atoms with Crippen molar-refractivity contribution in [2.75, 3.05) is 26.8 Å². The van der Waals surface area contributed by atoms with Crippen molar-refractivity contribution in [1.82, 2.24) is 9.80 Å². The molecule has 0 bridgehead atoms. The van der Waals surface area contributed by atoms with Crippen LogP contribution in [0.3, 0.4) is 0 Å². The summed E-state index contributed by atoms with van der Waals surface area (Å²) in [4.78, 5) is 53.4. The van der Waals surface area contributed by atoms with Crippen molar-refractivity contribution < 1.29 is 28.7 Å². The molecule has 0 aromatic heterocycles. The first-order valence-corrected chi connectivity index (χ1v) is 11.0. The van der Waals surface area contributed by atoms with Gasteiger partial charge >= 0.3 is 5.97 Å². The van der Waals surface area contributed by atoms with Gasteiger partial charge in [-0.3, -0.25) is 19.3 Å². The molecule has 0 radical (unpaired) electrons. The maximum absolute atomic E-state index is 12.8. The van der Waals surface area contributed by atoms with E-state index in [1.54, 1.807) is 41.3 Å². The summed E-state index contributed by atoms with van der Waals surface area (Å²) in [6, 6.07) is 11.4. The molecule has 2 aliphatic heterocycles. The number of ether oxygens (including phenoxy) is 2. The predicted molar refractivity (Wildman–Crippen MR) is 119 cm³/mol. The van der Waals surface area contributed by atoms with E-state index in [2.05, 4.69) is 6.92 Å². The summed E-state index contributed by atoms with van der Waals surface area (Å²) in [6.07, 6.45) is 2.02. The minimum Gasteiger partial charge on any atom is -0.496 e. The molecule has 8 nitrogen and oxygen atoms in total. The smallest absolute Gasteiger partial charge is 0.342 e. The van der Waals surface area contributed by atoms with Crippen LogP contribution in [-0.2, 0) is 16.1 Å². The molecule has 0 N–H and O–H groups in total. The van der Waals surface area contributed by atoms with Crippen molar-refractivity contribution in [2.45, 2.75) is 26.3 Å². The van der Waals surface area contributed by atoms with Gasteiger partial charge in [0, 0.05) is 13.1 Å². The van der Waals surface area contributed by atoms with Crippen molar-refractivity contribution in [3.8, 4) is 5.75 Å². The van der Waals surface area contributed by atoms with Crippen molar-refractivity contribution >= 4 is 23.7 Å². The summed E-state index contributed by atoms with van der Waals surface area (Å²) in [6.45, 7) is 3.07. The van der Waals surface area contributed by atoms with Crippen LogP contribution in [0.25, 0.3) is 0 Å². The summed E-state index contributed by atoms with van der Waals surface area (Å²) < 4.78 is 10.6. The van der Waals surface area contributed by atoms with Crippen LogP contribution in [0.2, 0.25) is 0 Å². The van der Waals surface area contributed by atoms with E-state index in [9.17, 15) is 19.2 Å². The van der Waals surface area contributed by atoms with Gasteiger partial charge in [-0.25, -0.2) is 4.79 Å². The zero-order valence-corrected chi connectivity index (χ0v) is 18.7. The Labute approximate surface area is 192 Å². The molecule has 1 unspecified atom stereocenters. The number of hydrogen-bond acceptors (Lipinski definition) is 6. The summed E-state index contributed by atoms with van der Waals surface area (Å²) >= 11 is 0. The molecule has 3 amide bonds. The zero-order valence-electron chi connectivity index (χ0n) is 18.7. The number of imide groups is 1. The van der Waals surface area contributed by atoms with Crippen molar-refractivity contribution in [1.29, 1.82) is 0 Å². The molecule has 8 heteroatoms. The average molecular weight is 450 g/mol. The molecule has 0 saturated carbocycles. The number of fused-ring (bicyclic) bond motifs is 1. The third-order valence-electron chi connectivity index (χ3n) is 6.04. The lowest BCUT2D eigenvalue weighted by atomic mass is 10.0. The number of likely N-dealkylation sites (tertiary alicyclic amines) is 1. The molecule has 1 atom stereocenters. The number of methoxy groups -OCH3 is 1. The van der Waals surface area contributed by atoms with Crippen LogP contribution in [0.15, 0.2) is 42.5 Å². The van der Waals surface area contributed by atoms with Crippen LogP contribution in [0.4, 0.5) is 0 Å². The predicted octanol–water partition coefficient (Wildman–Crippen LogP) is 2.91. The van der Waals surface area contributed by atoms with Gasteiger partial charge in [-0.2, -0.15) is 0 Å². The molecule has 1 fully saturated rings. The van der Waals surface area contributed by atoms with Gasteiger partial charge in [0.25, 0.3) is 17.7 Å². The fourth-order valence-corrected chi connectivity index (χ4v) is 4.29. The number of rotatable bonds is 6. The number of piperidine rings is 1. The van der Waals surface area contributed by atoms with E-state index in [1.165, 1.54) is 13.2 Å². The Morgan fingerprint density at radius 3 is 2.39 bits per heavy atom. The minimum atomic E-state index is -0.700. The summed E-state index contributed by atoms with van der Waals surface area (Å²) in [5, 5.41) is 0. The van der Waals surface area contributed by atoms with Crippen LogP contribution in [0, 0.1) is 5.92 Å². The minimum absolute atomic E-state index is 0.00121. The van der Waals surface area contributed by atoms with Crippen molar-refractivity contribution in [2.24, 2.45) is 5.92 Å². The number of benzene rings is 2. The molecule has 4 rings (SSSR count). The quantitative estimate of drug-likeness (QED) is 0.496. The topological polar surface area (TPSA) is 93.2 Å². The first-order chi connectivity index (χ1) is 15.9. The van der Waals surface area contributed by atoms with Crippen molar-refractivity contribution in [3.05, 3.63) is 64.7 Å². The van der Waals surface area contributed by atoms with Crippen LogP contribution in [-0.4, -0.2) is 60.3 Å². The highest BCUT2D eigenvalue weighted by molar-refractivity contribution is 6.21. The number of nitrogens with zero attached hydrogens (tertiary/aromatic N) is 2. The molecule has 2 aromatic carbocycles. The Hall–Kier alpha value is -3.68. The normalized spacial score (nSPS) is 17.7. The molecule has 0 spiro atoms. The molecule has 1 saturated heterocycles. The molecule has 2 aliphatic rings. The average Bonchev–Trinajstić information content (AvgIpc) is 3.07. The Morgan fingerprint density at radius 1 is 1.06 bits per heavy atom. The van der Waals surface area contributed by atoms with Crippen LogP contribution >= 0.6 is 0 Å². The second kappa shape index (κ2) is 9.44. The third-order valence-corrected chi connectivity index (χ3v) is 6.04. The van der Waals surface area contributed by atoms with Gasteiger partial charge in [-0.15, -0.1) is 0 Å². The number of hydrogen-bond donors (Lipinski definition) is 0. The number of amides is 3. The van der Waals surface area contributed by atoms with E-state index >= 15 is 0 Å². The zero-order chi connectivity index (χ0) is 23.5. The highest BCUT2D eigenvalue weighted by atomic mass is 16.5. The molecular formula is C25H26N2O6. The lowest BCUT2D eigenvalue weighted by Crippen LogP contribution is -2.41. The number of carbonyl (C=O) groups excluding carboxylic acids is 4. The second-order valence-corrected chi connectivity index (χ2v) is 8.44. The lowest BCUT2D eigenvalue weighted by Gasteiger charge is -2.30. The van der Waals surface area contributed by atoms with Gasteiger partial charge in [0.15, 0.2) is 6.61 Å². The van der Waals surface area contributed by atoms with Gasteiger partial charge in [-0.05, 0) is 48.6 Å². The molecule has 2 heterocycles. The molecule has 33 heavy (non-hydrogen) atoms. The second-order valence-electron chi connectivity index (χ2n) is 8.44. The van der Waals surface area contributed by atoms with Crippen LogP contribution < -0.4 is 4.74 Å².